The third-order valence-corrected chi connectivity index (χ3v) is 8.49. The van der Waals surface area contributed by atoms with Crippen molar-refractivity contribution in [3.63, 3.8) is 0 Å². The van der Waals surface area contributed by atoms with Gasteiger partial charge in [0.2, 0.25) is 0 Å². The molecule has 1 saturated heterocycles. The van der Waals surface area contributed by atoms with Gasteiger partial charge in [-0.15, -0.1) is 11.8 Å². The van der Waals surface area contributed by atoms with Crippen LogP contribution in [0.25, 0.3) is 0 Å². The Kier molecular flexibility index (Phi) is 7.89. The van der Waals surface area contributed by atoms with E-state index in [1.807, 2.05) is 54.6 Å². The summed E-state index contributed by atoms with van der Waals surface area (Å²) in [6.07, 6.45) is -0.499. The van der Waals surface area contributed by atoms with Crippen LogP contribution in [0.2, 0.25) is 0 Å². The number of fused-ring (bicyclic) bond motifs is 1. The Morgan fingerprint density at radius 1 is 0.854 bits per heavy atom. The monoisotopic (exact) mass is 567 g/mol. The van der Waals surface area contributed by atoms with E-state index in [0.717, 1.165) is 21.8 Å². The zero-order valence-corrected chi connectivity index (χ0v) is 23.3. The molecule has 0 bridgehead atoms. The van der Waals surface area contributed by atoms with Gasteiger partial charge in [0.15, 0.2) is 6.29 Å². The van der Waals surface area contributed by atoms with E-state index in [1.165, 1.54) is 4.90 Å². The van der Waals surface area contributed by atoms with Crippen molar-refractivity contribution in [2.75, 3.05) is 17.8 Å². The normalized spacial score (nSPS) is 20.2. The molecule has 0 aromatic heterocycles. The Bertz CT molecular complexity index is 1540. The maximum atomic E-state index is 13.1. The number of imide groups is 1. The number of benzene rings is 4. The van der Waals surface area contributed by atoms with Gasteiger partial charge in [-0.3, -0.25) is 9.59 Å². The fourth-order valence-corrected chi connectivity index (χ4v) is 6.23. The summed E-state index contributed by atoms with van der Waals surface area (Å²) >= 11 is 1.66. The Morgan fingerprint density at radius 2 is 1.56 bits per heavy atom. The summed E-state index contributed by atoms with van der Waals surface area (Å²) in [4.78, 5) is 28.5. The molecule has 0 spiro atoms. The highest BCUT2D eigenvalue weighted by Crippen LogP contribution is 2.41. The first-order valence-electron chi connectivity index (χ1n) is 13.4. The van der Waals surface area contributed by atoms with Crippen molar-refractivity contribution in [3.8, 4) is 5.75 Å². The predicted molar refractivity (Wildman–Crippen MR) is 156 cm³/mol. The number of carbonyl (C=O) groups excluding carboxylic acids is 2. The van der Waals surface area contributed by atoms with Crippen LogP contribution in [0.4, 0.5) is 5.69 Å². The van der Waals surface area contributed by atoms with E-state index in [-0.39, 0.29) is 30.6 Å². The second kappa shape index (κ2) is 11.9. The lowest BCUT2D eigenvalue weighted by Crippen LogP contribution is -2.32. The zero-order valence-electron chi connectivity index (χ0n) is 22.4. The number of hydrogen-bond acceptors (Lipinski definition) is 7. The summed E-state index contributed by atoms with van der Waals surface area (Å²) in [5.74, 6) is 0.789. The Hall–Kier alpha value is -3.95. The number of aliphatic hydroxyl groups is 1. The number of nitrogens with zero attached hydrogens (tertiary/aromatic N) is 1. The number of aliphatic hydroxyl groups excluding tert-OH is 1. The molecule has 0 unspecified atom stereocenters. The van der Waals surface area contributed by atoms with Crippen molar-refractivity contribution in [2.24, 2.45) is 0 Å². The number of carbonyl (C=O) groups is 2. The van der Waals surface area contributed by atoms with E-state index >= 15 is 0 Å². The molecule has 4 aromatic rings. The van der Waals surface area contributed by atoms with E-state index in [9.17, 15) is 14.7 Å². The topological polar surface area (TPSA) is 85.3 Å². The van der Waals surface area contributed by atoms with Crippen LogP contribution in [-0.4, -0.2) is 35.9 Å². The quantitative estimate of drug-likeness (QED) is 0.197. The first-order valence-corrected chi connectivity index (χ1v) is 14.4. The average molecular weight is 568 g/mol. The van der Waals surface area contributed by atoms with Gasteiger partial charge in [-0.25, -0.2) is 4.90 Å². The van der Waals surface area contributed by atoms with Crippen LogP contribution in [-0.2, 0) is 16.1 Å². The van der Waals surface area contributed by atoms with Gasteiger partial charge in [-0.1, -0.05) is 60.7 Å². The van der Waals surface area contributed by atoms with Crippen molar-refractivity contribution in [2.45, 2.75) is 36.4 Å². The maximum Gasteiger partial charge on any atom is 0.266 e. The first kappa shape index (κ1) is 27.2. The van der Waals surface area contributed by atoms with Crippen molar-refractivity contribution < 1.29 is 28.9 Å². The molecule has 4 aromatic carbocycles. The number of methoxy groups -OCH3 is 1. The molecule has 6 rings (SSSR count). The van der Waals surface area contributed by atoms with Gasteiger partial charge in [-0.2, -0.15) is 0 Å². The number of anilines is 1. The number of hydrogen-bond donors (Lipinski definition) is 1. The summed E-state index contributed by atoms with van der Waals surface area (Å²) in [5.41, 5.74) is 3.78. The highest BCUT2D eigenvalue weighted by Gasteiger charge is 2.37. The smallest absolute Gasteiger partial charge is 0.266 e. The molecule has 0 radical (unpaired) electrons. The van der Waals surface area contributed by atoms with Crippen LogP contribution < -0.4 is 9.64 Å². The van der Waals surface area contributed by atoms with Crippen molar-refractivity contribution in [3.05, 3.63) is 125 Å². The van der Waals surface area contributed by atoms with Gasteiger partial charge in [0.1, 0.15) is 5.75 Å². The van der Waals surface area contributed by atoms with Crippen LogP contribution in [0.15, 0.2) is 102 Å². The molecule has 7 nitrogen and oxygen atoms in total. The van der Waals surface area contributed by atoms with E-state index < -0.39 is 6.29 Å². The number of para-hydroxylation sites is 1. The molecule has 1 fully saturated rings. The highest BCUT2D eigenvalue weighted by atomic mass is 32.2. The fraction of sp³-hybridized carbons (Fsp3) is 0.212. The number of rotatable bonds is 8. The number of ether oxygens (including phenoxy) is 3. The SMILES string of the molecule is COc1ccccc1SC[C@@H]1C[C@H](c2ccc(CO)cc2)O[C@H](c2cccc(N3C(=O)c4ccccc4C3=O)c2)O1. The predicted octanol–water partition coefficient (Wildman–Crippen LogP) is 6.33. The van der Waals surface area contributed by atoms with E-state index in [2.05, 4.69) is 0 Å². The average Bonchev–Trinajstić information content (AvgIpc) is 3.29. The van der Waals surface area contributed by atoms with Gasteiger partial charge >= 0.3 is 0 Å². The second-order valence-electron chi connectivity index (χ2n) is 9.90. The lowest BCUT2D eigenvalue weighted by molar-refractivity contribution is -0.245. The minimum atomic E-state index is -0.718. The summed E-state index contributed by atoms with van der Waals surface area (Å²) in [6.45, 7) is -0.0275. The minimum Gasteiger partial charge on any atom is -0.496 e. The van der Waals surface area contributed by atoms with Crippen LogP contribution in [0.5, 0.6) is 5.75 Å². The summed E-state index contributed by atoms with van der Waals surface area (Å²) in [5, 5.41) is 9.49. The molecule has 2 amide bonds. The van der Waals surface area contributed by atoms with Gasteiger partial charge in [0.05, 0.1) is 42.7 Å². The molecule has 2 aliphatic heterocycles. The fourth-order valence-electron chi connectivity index (χ4n) is 5.18. The lowest BCUT2D eigenvalue weighted by Gasteiger charge is -2.36. The Balaban J connectivity index is 1.27. The third-order valence-electron chi connectivity index (χ3n) is 7.30. The molecule has 1 N–H and O–H groups in total. The Morgan fingerprint density at radius 3 is 2.27 bits per heavy atom. The Labute approximate surface area is 242 Å². The largest absolute Gasteiger partial charge is 0.496 e. The lowest BCUT2D eigenvalue weighted by atomic mass is 10.0. The molecular formula is C33H29NO6S. The number of amides is 2. The molecule has 0 aliphatic carbocycles. The highest BCUT2D eigenvalue weighted by molar-refractivity contribution is 7.99. The van der Waals surface area contributed by atoms with Gasteiger partial charge < -0.3 is 19.3 Å². The van der Waals surface area contributed by atoms with Crippen molar-refractivity contribution >= 4 is 29.3 Å². The third kappa shape index (κ3) is 5.52. The maximum absolute atomic E-state index is 13.1. The summed E-state index contributed by atoms with van der Waals surface area (Å²) in [6, 6.07) is 29.7. The number of thioether (sulfide) groups is 1. The summed E-state index contributed by atoms with van der Waals surface area (Å²) in [7, 11) is 1.66. The van der Waals surface area contributed by atoms with Crippen LogP contribution in [0, 0.1) is 0 Å². The standard InChI is InChI=1S/C33H29NO6S/c1-38-28-11-4-5-12-30(28)41-20-25-18-29(22-15-13-21(19-35)14-16-22)40-33(39-25)23-7-6-8-24(17-23)34-31(36)26-9-2-3-10-27(26)32(34)37/h2-17,25,29,33,35H,18-20H2,1H3/t25-,29+,33+/m0/s1. The first-order chi connectivity index (χ1) is 20.1. The molecule has 2 aliphatic rings. The van der Waals surface area contributed by atoms with Gasteiger partial charge in [-0.05, 0) is 47.5 Å². The van der Waals surface area contributed by atoms with Gasteiger partial charge in [0, 0.05) is 22.6 Å². The van der Waals surface area contributed by atoms with Crippen molar-refractivity contribution in [1.29, 1.82) is 0 Å². The van der Waals surface area contributed by atoms with E-state index in [1.54, 1.807) is 61.3 Å². The minimum absolute atomic E-state index is 0.0275. The van der Waals surface area contributed by atoms with Gasteiger partial charge in [0.25, 0.3) is 11.8 Å². The molecule has 41 heavy (non-hydrogen) atoms. The van der Waals surface area contributed by atoms with Crippen LogP contribution in [0.1, 0.15) is 56.2 Å². The van der Waals surface area contributed by atoms with Crippen LogP contribution >= 0.6 is 11.8 Å². The molecular weight excluding hydrogens is 538 g/mol. The molecule has 8 heteroatoms. The molecule has 208 valence electrons. The second-order valence-corrected chi connectivity index (χ2v) is 11.0. The summed E-state index contributed by atoms with van der Waals surface area (Å²) < 4.78 is 18.5. The molecule has 0 saturated carbocycles. The van der Waals surface area contributed by atoms with Crippen molar-refractivity contribution in [1.82, 2.24) is 0 Å². The van der Waals surface area contributed by atoms with Crippen LogP contribution in [0.3, 0.4) is 0 Å². The van der Waals surface area contributed by atoms with E-state index in [4.69, 9.17) is 14.2 Å². The van der Waals surface area contributed by atoms with E-state index in [0.29, 0.717) is 34.6 Å². The molecule has 2 heterocycles. The molecule has 3 atom stereocenters. The zero-order chi connectivity index (χ0) is 28.3.